The van der Waals surface area contributed by atoms with Crippen molar-refractivity contribution >= 4 is 0 Å². The van der Waals surface area contributed by atoms with E-state index in [0.29, 0.717) is 0 Å². The van der Waals surface area contributed by atoms with Crippen LogP contribution in [0.15, 0.2) is 37.6 Å². The predicted molar refractivity (Wildman–Crippen MR) is 67.7 cm³/mol. The number of nitrogens with zero attached hydrogens (tertiary/aromatic N) is 1. The van der Waals surface area contributed by atoms with Gasteiger partial charge in [-0.2, -0.15) is 0 Å². The van der Waals surface area contributed by atoms with Crippen molar-refractivity contribution in [2.24, 2.45) is 5.41 Å². The zero-order valence-electron chi connectivity index (χ0n) is 9.91. The quantitative estimate of drug-likeness (QED) is 0.618. The minimum absolute atomic E-state index is 0.0479. The van der Waals surface area contributed by atoms with E-state index in [1.807, 2.05) is 12.2 Å². The summed E-state index contributed by atoms with van der Waals surface area (Å²) in [5, 5.41) is 0. The van der Waals surface area contributed by atoms with Gasteiger partial charge in [-0.1, -0.05) is 25.2 Å². The topological polar surface area (TPSA) is 3.24 Å². The molecule has 0 aromatic rings. The molecule has 1 heterocycles. The molecule has 0 aromatic carbocycles. The maximum absolute atomic E-state index is 3.85. The Morgan fingerprint density at radius 3 is 2.27 bits per heavy atom. The Labute approximate surface area is 94.2 Å². The van der Waals surface area contributed by atoms with Crippen molar-refractivity contribution in [1.82, 2.24) is 4.90 Å². The summed E-state index contributed by atoms with van der Waals surface area (Å²) in [5.41, 5.74) is 0.0479. The molecule has 0 atom stereocenters. The summed E-state index contributed by atoms with van der Waals surface area (Å²) in [6, 6.07) is 0. The summed E-state index contributed by atoms with van der Waals surface area (Å²) in [6.45, 7) is 12.3. The minimum atomic E-state index is 0.0479. The van der Waals surface area contributed by atoms with Crippen LogP contribution in [0, 0.1) is 5.41 Å². The number of piperidine rings is 1. The predicted octanol–water partition coefficient (Wildman–Crippen LogP) is 3.75. The third kappa shape index (κ3) is 3.94. The Kier molecular flexibility index (Phi) is 4.67. The van der Waals surface area contributed by atoms with Gasteiger partial charge in [0.15, 0.2) is 0 Å². The Morgan fingerprint density at radius 1 is 1.13 bits per heavy atom. The van der Waals surface area contributed by atoms with Gasteiger partial charge in [0.05, 0.1) is 0 Å². The summed E-state index contributed by atoms with van der Waals surface area (Å²) in [5.74, 6) is 0. The van der Waals surface area contributed by atoms with Crippen LogP contribution in [0.4, 0.5) is 0 Å². The van der Waals surface area contributed by atoms with Crippen LogP contribution in [0.3, 0.4) is 0 Å². The number of allylic oxidation sites excluding steroid dienone is 3. The third-order valence-electron chi connectivity index (χ3n) is 3.20. The molecule has 0 amide bonds. The maximum Gasteiger partial charge on any atom is 0.0172 e. The molecule has 1 rings (SSSR count). The number of hydrogen-bond acceptors (Lipinski definition) is 1. The Morgan fingerprint density at radius 2 is 1.73 bits per heavy atom. The van der Waals surface area contributed by atoms with E-state index in [1.165, 1.54) is 32.4 Å². The van der Waals surface area contributed by atoms with Gasteiger partial charge in [-0.3, -0.25) is 0 Å². The van der Waals surface area contributed by atoms with Crippen molar-refractivity contribution in [2.45, 2.75) is 32.6 Å². The molecule has 84 valence electrons. The highest BCUT2D eigenvalue weighted by atomic mass is 15.1. The smallest absolute Gasteiger partial charge is 0.0172 e. The van der Waals surface area contributed by atoms with Gasteiger partial charge in [-0.05, 0) is 31.9 Å². The monoisotopic (exact) mass is 205 g/mol. The van der Waals surface area contributed by atoms with Crippen LogP contribution < -0.4 is 0 Å². The SMILES string of the molecule is C=CC(C)(C=C)C/C=C/N1CCCCC1. The maximum atomic E-state index is 3.85. The summed E-state index contributed by atoms with van der Waals surface area (Å²) in [6.07, 6.45) is 13.5. The van der Waals surface area contributed by atoms with E-state index in [4.69, 9.17) is 0 Å². The fraction of sp³-hybridized carbons (Fsp3) is 0.571. The molecule has 1 aliphatic rings. The molecule has 0 aromatic heterocycles. The molecule has 0 spiro atoms. The van der Waals surface area contributed by atoms with Crippen LogP contribution in [0.5, 0.6) is 0 Å². The fourth-order valence-electron chi connectivity index (χ4n) is 1.77. The van der Waals surface area contributed by atoms with Crippen molar-refractivity contribution in [3.63, 3.8) is 0 Å². The molecule has 0 unspecified atom stereocenters. The average molecular weight is 205 g/mol. The first-order chi connectivity index (χ1) is 7.20. The van der Waals surface area contributed by atoms with E-state index in [9.17, 15) is 0 Å². The molecule has 15 heavy (non-hydrogen) atoms. The van der Waals surface area contributed by atoms with Gasteiger partial charge in [-0.25, -0.2) is 0 Å². The second-order valence-electron chi connectivity index (χ2n) is 4.60. The lowest BCUT2D eigenvalue weighted by Crippen LogP contribution is -2.24. The zero-order valence-corrected chi connectivity index (χ0v) is 9.91. The van der Waals surface area contributed by atoms with E-state index in [-0.39, 0.29) is 5.41 Å². The normalized spacial score (nSPS) is 18.1. The van der Waals surface area contributed by atoms with Crippen LogP contribution >= 0.6 is 0 Å². The standard InChI is InChI=1S/C14H23N/c1-4-14(3,5-2)10-9-13-15-11-7-6-8-12-15/h4-5,9,13H,1-2,6-8,10-12H2,3H3/b13-9+. The van der Waals surface area contributed by atoms with Gasteiger partial charge >= 0.3 is 0 Å². The second-order valence-corrected chi connectivity index (χ2v) is 4.60. The van der Waals surface area contributed by atoms with Gasteiger partial charge in [0.25, 0.3) is 0 Å². The van der Waals surface area contributed by atoms with Gasteiger partial charge in [-0.15, -0.1) is 13.2 Å². The molecule has 0 N–H and O–H groups in total. The molecule has 1 nitrogen and oxygen atoms in total. The molecule has 1 saturated heterocycles. The van der Waals surface area contributed by atoms with Crippen molar-refractivity contribution in [2.75, 3.05) is 13.1 Å². The highest BCUT2D eigenvalue weighted by Gasteiger charge is 2.13. The summed E-state index contributed by atoms with van der Waals surface area (Å²) < 4.78 is 0. The fourth-order valence-corrected chi connectivity index (χ4v) is 1.77. The summed E-state index contributed by atoms with van der Waals surface area (Å²) in [4.78, 5) is 2.41. The first kappa shape index (κ1) is 12.1. The largest absolute Gasteiger partial charge is 0.378 e. The lowest BCUT2D eigenvalue weighted by atomic mass is 9.87. The van der Waals surface area contributed by atoms with Crippen molar-refractivity contribution in [3.8, 4) is 0 Å². The van der Waals surface area contributed by atoms with E-state index < -0.39 is 0 Å². The third-order valence-corrected chi connectivity index (χ3v) is 3.20. The van der Waals surface area contributed by atoms with Gasteiger partial charge < -0.3 is 4.90 Å². The Balaban J connectivity index is 2.37. The van der Waals surface area contributed by atoms with E-state index in [0.717, 1.165) is 6.42 Å². The number of rotatable bonds is 5. The van der Waals surface area contributed by atoms with Crippen molar-refractivity contribution in [3.05, 3.63) is 37.6 Å². The first-order valence-electron chi connectivity index (χ1n) is 5.88. The molecule has 0 bridgehead atoms. The number of likely N-dealkylation sites (tertiary alicyclic amines) is 1. The van der Waals surface area contributed by atoms with E-state index >= 15 is 0 Å². The van der Waals surface area contributed by atoms with Crippen molar-refractivity contribution < 1.29 is 0 Å². The average Bonchev–Trinajstić information content (AvgIpc) is 2.30. The molecular formula is C14H23N. The van der Waals surface area contributed by atoms with Crippen LogP contribution in [-0.2, 0) is 0 Å². The minimum Gasteiger partial charge on any atom is -0.378 e. The van der Waals surface area contributed by atoms with Gasteiger partial charge in [0.1, 0.15) is 0 Å². The molecule has 0 radical (unpaired) electrons. The first-order valence-corrected chi connectivity index (χ1v) is 5.88. The summed E-state index contributed by atoms with van der Waals surface area (Å²) >= 11 is 0. The van der Waals surface area contributed by atoms with Crippen LogP contribution in [0.1, 0.15) is 32.6 Å². The number of hydrogen-bond donors (Lipinski definition) is 0. The molecular weight excluding hydrogens is 182 g/mol. The highest BCUT2D eigenvalue weighted by molar-refractivity contribution is 5.07. The molecule has 1 heteroatoms. The summed E-state index contributed by atoms with van der Waals surface area (Å²) in [7, 11) is 0. The molecule has 1 fully saturated rings. The Hall–Kier alpha value is -0.980. The van der Waals surface area contributed by atoms with Crippen LogP contribution in [-0.4, -0.2) is 18.0 Å². The molecule has 1 aliphatic heterocycles. The Bertz CT molecular complexity index is 226. The van der Waals surface area contributed by atoms with E-state index in [1.54, 1.807) is 0 Å². The van der Waals surface area contributed by atoms with Gasteiger partial charge in [0, 0.05) is 18.5 Å². The molecule has 0 saturated carbocycles. The van der Waals surface area contributed by atoms with Gasteiger partial charge in [0.2, 0.25) is 0 Å². The second kappa shape index (κ2) is 5.79. The zero-order chi connectivity index (χ0) is 11.1. The highest BCUT2D eigenvalue weighted by Crippen LogP contribution is 2.24. The van der Waals surface area contributed by atoms with Crippen molar-refractivity contribution in [1.29, 1.82) is 0 Å². The lowest BCUT2D eigenvalue weighted by Gasteiger charge is -2.25. The van der Waals surface area contributed by atoms with E-state index in [2.05, 4.69) is 37.3 Å². The lowest BCUT2D eigenvalue weighted by molar-refractivity contribution is 0.308. The van der Waals surface area contributed by atoms with Crippen LogP contribution in [0.25, 0.3) is 0 Å². The van der Waals surface area contributed by atoms with Crippen LogP contribution in [0.2, 0.25) is 0 Å². The molecule has 0 aliphatic carbocycles.